The molecule has 0 saturated heterocycles. The van der Waals surface area contributed by atoms with Gasteiger partial charge in [0, 0.05) is 24.1 Å². The number of carbonyl (C=O) groups is 2. The Morgan fingerprint density at radius 2 is 2.07 bits per heavy atom. The van der Waals surface area contributed by atoms with E-state index >= 15 is 0 Å². The number of aromatic nitrogens is 4. The van der Waals surface area contributed by atoms with Crippen LogP contribution >= 0.6 is 0 Å². The fourth-order valence-corrected chi connectivity index (χ4v) is 3.61. The molecule has 4 rings (SSSR count). The van der Waals surface area contributed by atoms with Gasteiger partial charge in [0.05, 0.1) is 17.8 Å². The van der Waals surface area contributed by atoms with E-state index in [9.17, 15) is 9.59 Å². The first-order valence-corrected chi connectivity index (χ1v) is 9.51. The molecule has 3 N–H and O–H groups in total. The Bertz CT molecular complexity index is 1140. The maximum atomic E-state index is 12.9. The highest BCUT2D eigenvalue weighted by molar-refractivity contribution is 6.04. The Balaban J connectivity index is 1.83. The summed E-state index contributed by atoms with van der Waals surface area (Å²) in [6, 6.07) is 4.99. The number of carbonyl (C=O) groups excluding carboxylic acids is 2. The van der Waals surface area contributed by atoms with Crippen LogP contribution in [0.1, 0.15) is 47.3 Å². The van der Waals surface area contributed by atoms with E-state index in [0.717, 1.165) is 11.2 Å². The summed E-state index contributed by atoms with van der Waals surface area (Å²) in [5.41, 5.74) is 8.09. The van der Waals surface area contributed by atoms with Gasteiger partial charge < -0.3 is 15.0 Å². The topological polar surface area (TPSA) is 117 Å². The molecular weight excluding hydrogens is 372 g/mol. The number of ether oxygens (including phenoxy) is 1. The molecule has 0 atom stereocenters. The predicted octanol–water partition coefficient (Wildman–Crippen LogP) is 2.33. The minimum atomic E-state index is -0.558. The van der Waals surface area contributed by atoms with E-state index in [-0.39, 0.29) is 11.3 Å². The van der Waals surface area contributed by atoms with E-state index in [1.807, 2.05) is 18.4 Å². The minimum absolute atomic E-state index is 0.208. The zero-order valence-corrected chi connectivity index (χ0v) is 16.9. The number of nitrogens with one attached hydrogen (secondary N) is 1. The summed E-state index contributed by atoms with van der Waals surface area (Å²) in [7, 11) is 0. The van der Waals surface area contributed by atoms with Gasteiger partial charge in [0.1, 0.15) is 17.0 Å². The molecule has 3 heterocycles. The van der Waals surface area contributed by atoms with Crippen molar-refractivity contribution >= 4 is 28.8 Å². The van der Waals surface area contributed by atoms with Crippen LogP contribution in [0.4, 0.5) is 5.95 Å². The van der Waals surface area contributed by atoms with Crippen LogP contribution < -0.4 is 15.8 Å². The smallest absolute Gasteiger partial charge is 0.276 e. The van der Waals surface area contributed by atoms with Gasteiger partial charge in [-0.3, -0.25) is 19.6 Å². The van der Waals surface area contributed by atoms with Gasteiger partial charge in [-0.1, -0.05) is 13.8 Å². The van der Waals surface area contributed by atoms with Crippen molar-refractivity contribution in [2.75, 3.05) is 11.9 Å². The molecular formula is C20H24N6O3. The van der Waals surface area contributed by atoms with E-state index in [0.29, 0.717) is 48.2 Å². The van der Waals surface area contributed by atoms with Crippen LogP contribution in [0, 0.1) is 12.3 Å². The molecule has 2 aromatic heterocycles. The Morgan fingerprint density at radius 3 is 2.76 bits per heavy atom. The molecule has 1 aliphatic heterocycles. The summed E-state index contributed by atoms with van der Waals surface area (Å²) in [5, 5.41) is 7.24. The van der Waals surface area contributed by atoms with E-state index < -0.39 is 5.91 Å². The molecule has 0 unspecified atom stereocenters. The standard InChI is InChI=1S/C20H24N6O3/c1-5-26-14(6-11(2)24-26)18(28)23-19-22-13-7-12(17(21)27)8-15-16(13)25(19)9-20(3,4)10-29-15/h6-8H,5,9-10H2,1-4H3,(H2,21,27)(H,22,23,28). The number of imidazole rings is 1. The molecule has 0 bridgehead atoms. The summed E-state index contributed by atoms with van der Waals surface area (Å²) in [6.45, 7) is 9.55. The van der Waals surface area contributed by atoms with Crippen LogP contribution in [-0.4, -0.2) is 37.8 Å². The van der Waals surface area contributed by atoms with E-state index in [1.165, 1.54) is 0 Å². The summed E-state index contributed by atoms with van der Waals surface area (Å²) in [6.07, 6.45) is 0. The lowest BCUT2D eigenvalue weighted by Crippen LogP contribution is -2.26. The van der Waals surface area contributed by atoms with E-state index in [2.05, 4.69) is 29.2 Å². The Hall–Kier alpha value is -3.36. The molecule has 2 amide bonds. The quantitative estimate of drug-likeness (QED) is 0.702. The number of hydrogen-bond acceptors (Lipinski definition) is 5. The zero-order chi connectivity index (χ0) is 20.9. The Kier molecular flexibility index (Phi) is 4.33. The van der Waals surface area contributed by atoms with Crippen molar-refractivity contribution in [3.63, 3.8) is 0 Å². The number of anilines is 1. The third-order valence-corrected chi connectivity index (χ3v) is 4.96. The van der Waals surface area contributed by atoms with Crippen molar-refractivity contribution in [1.29, 1.82) is 0 Å². The van der Waals surface area contributed by atoms with Crippen LogP contribution in [0.5, 0.6) is 5.75 Å². The number of benzene rings is 1. The fourth-order valence-electron chi connectivity index (χ4n) is 3.61. The first-order valence-electron chi connectivity index (χ1n) is 9.51. The zero-order valence-electron chi connectivity index (χ0n) is 16.9. The molecule has 152 valence electrons. The molecule has 0 aliphatic carbocycles. The molecule has 9 nitrogen and oxygen atoms in total. The second-order valence-electron chi connectivity index (χ2n) is 8.12. The second kappa shape index (κ2) is 6.61. The number of aryl methyl sites for hydroxylation is 2. The monoisotopic (exact) mass is 396 g/mol. The molecule has 3 aromatic rings. The lowest BCUT2D eigenvalue weighted by Gasteiger charge is -2.23. The van der Waals surface area contributed by atoms with Crippen molar-refractivity contribution in [2.24, 2.45) is 11.1 Å². The predicted molar refractivity (Wildman–Crippen MR) is 108 cm³/mol. The van der Waals surface area contributed by atoms with Crippen LogP contribution in [-0.2, 0) is 13.1 Å². The van der Waals surface area contributed by atoms with Gasteiger partial charge >= 0.3 is 0 Å². The first kappa shape index (κ1) is 19.0. The van der Waals surface area contributed by atoms with Gasteiger partial charge in [-0.05, 0) is 32.0 Å². The average molecular weight is 396 g/mol. The normalized spacial score (nSPS) is 15.0. The number of hydrogen-bond donors (Lipinski definition) is 2. The highest BCUT2D eigenvalue weighted by Crippen LogP contribution is 2.37. The number of nitrogens with two attached hydrogens (primary N) is 1. The molecule has 0 radical (unpaired) electrons. The molecule has 1 aliphatic rings. The van der Waals surface area contributed by atoms with Gasteiger partial charge in [0.25, 0.3) is 5.91 Å². The summed E-state index contributed by atoms with van der Waals surface area (Å²) in [4.78, 5) is 29.2. The molecule has 29 heavy (non-hydrogen) atoms. The summed E-state index contributed by atoms with van der Waals surface area (Å²) in [5.74, 6) is 0.0774. The molecule has 0 fully saturated rings. The van der Waals surface area contributed by atoms with E-state index in [1.54, 1.807) is 22.9 Å². The summed E-state index contributed by atoms with van der Waals surface area (Å²) >= 11 is 0. The van der Waals surface area contributed by atoms with Crippen LogP contribution in [0.15, 0.2) is 18.2 Å². The van der Waals surface area contributed by atoms with Crippen molar-refractivity contribution in [1.82, 2.24) is 19.3 Å². The van der Waals surface area contributed by atoms with Crippen molar-refractivity contribution in [2.45, 2.75) is 40.8 Å². The summed E-state index contributed by atoms with van der Waals surface area (Å²) < 4.78 is 9.56. The molecule has 0 saturated carbocycles. The number of nitrogens with zero attached hydrogens (tertiary/aromatic N) is 4. The minimum Gasteiger partial charge on any atom is -0.491 e. The van der Waals surface area contributed by atoms with E-state index in [4.69, 9.17) is 10.5 Å². The number of amides is 2. The SMILES string of the molecule is CCn1nc(C)cc1C(=O)Nc1nc2cc(C(N)=O)cc3c2n1CC(C)(C)CO3. The highest BCUT2D eigenvalue weighted by Gasteiger charge is 2.30. The van der Waals surface area contributed by atoms with Gasteiger partial charge in [0.2, 0.25) is 11.9 Å². The molecule has 1 aromatic carbocycles. The maximum absolute atomic E-state index is 12.9. The largest absolute Gasteiger partial charge is 0.491 e. The van der Waals surface area contributed by atoms with Crippen LogP contribution in [0.3, 0.4) is 0 Å². The number of rotatable bonds is 4. The van der Waals surface area contributed by atoms with Crippen molar-refractivity contribution < 1.29 is 14.3 Å². The second-order valence-corrected chi connectivity index (χ2v) is 8.12. The van der Waals surface area contributed by atoms with Crippen LogP contribution in [0.2, 0.25) is 0 Å². The highest BCUT2D eigenvalue weighted by atomic mass is 16.5. The third-order valence-electron chi connectivity index (χ3n) is 4.96. The van der Waals surface area contributed by atoms with Gasteiger partial charge in [-0.25, -0.2) is 4.98 Å². The maximum Gasteiger partial charge on any atom is 0.276 e. The fraction of sp³-hybridized carbons (Fsp3) is 0.400. The Labute approximate surface area is 167 Å². The van der Waals surface area contributed by atoms with Crippen molar-refractivity contribution in [3.05, 3.63) is 35.2 Å². The van der Waals surface area contributed by atoms with Gasteiger partial charge in [0.15, 0.2) is 0 Å². The first-order chi connectivity index (χ1) is 13.7. The molecule has 0 spiro atoms. The molecule has 9 heteroatoms. The Morgan fingerprint density at radius 1 is 1.31 bits per heavy atom. The lowest BCUT2D eigenvalue weighted by molar-refractivity contribution is 0.0995. The lowest BCUT2D eigenvalue weighted by atomic mass is 9.95. The van der Waals surface area contributed by atoms with Gasteiger partial charge in [-0.15, -0.1) is 0 Å². The van der Waals surface area contributed by atoms with Crippen molar-refractivity contribution in [3.8, 4) is 5.75 Å². The number of primary amides is 1. The van der Waals surface area contributed by atoms with Gasteiger partial charge in [-0.2, -0.15) is 5.10 Å². The third kappa shape index (κ3) is 3.32. The average Bonchev–Trinajstić information content (AvgIpc) is 3.15. The van der Waals surface area contributed by atoms with Crippen LogP contribution in [0.25, 0.3) is 11.0 Å².